The Morgan fingerprint density at radius 2 is 1.95 bits per heavy atom. The Labute approximate surface area is 117 Å². The number of benzene rings is 1. The molecule has 0 aliphatic rings. The van der Waals surface area contributed by atoms with Crippen LogP contribution >= 0.6 is 0 Å². The van der Waals surface area contributed by atoms with Crippen LogP contribution in [-0.4, -0.2) is 32.9 Å². The number of rotatable bonds is 8. The molecule has 1 N–H and O–H groups in total. The van der Waals surface area contributed by atoms with Crippen LogP contribution in [0.15, 0.2) is 18.2 Å². The number of nitrogens with one attached hydrogen (secondary N) is 1. The smallest absolute Gasteiger partial charge is 0.122 e. The van der Waals surface area contributed by atoms with Gasteiger partial charge in [0.2, 0.25) is 0 Å². The molecule has 1 aromatic rings. The van der Waals surface area contributed by atoms with Crippen LogP contribution in [0.3, 0.4) is 0 Å². The van der Waals surface area contributed by atoms with Crippen molar-refractivity contribution in [3.05, 3.63) is 29.3 Å². The van der Waals surface area contributed by atoms with Gasteiger partial charge in [-0.1, -0.05) is 31.5 Å². The van der Waals surface area contributed by atoms with E-state index >= 15 is 0 Å². The number of hydrogen-bond donors (Lipinski definition) is 1. The lowest BCUT2D eigenvalue weighted by atomic mass is 9.97. The van der Waals surface area contributed by atoms with Crippen LogP contribution in [-0.2, 0) is 11.2 Å². The van der Waals surface area contributed by atoms with Crippen LogP contribution in [0.5, 0.6) is 5.75 Å². The highest BCUT2D eigenvalue weighted by atomic mass is 16.5. The fraction of sp³-hybridized carbons (Fsp3) is 0.625. The van der Waals surface area contributed by atoms with E-state index in [1.54, 1.807) is 14.2 Å². The van der Waals surface area contributed by atoms with Crippen LogP contribution in [0.1, 0.15) is 31.4 Å². The summed E-state index contributed by atoms with van der Waals surface area (Å²) in [5.41, 5.74) is 2.50. The average molecular weight is 265 g/mol. The zero-order valence-corrected chi connectivity index (χ0v) is 12.8. The molecule has 108 valence electrons. The Balaban J connectivity index is 2.91. The fourth-order valence-electron chi connectivity index (χ4n) is 2.52. The minimum absolute atomic E-state index is 0.227. The zero-order chi connectivity index (χ0) is 14.3. The molecule has 0 bridgehead atoms. The van der Waals surface area contributed by atoms with Crippen molar-refractivity contribution in [1.82, 2.24) is 5.32 Å². The zero-order valence-electron chi connectivity index (χ0n) is 12.8. The maximum atomic E-state index is 5.59. The van der Waals surface area contributed by atoms with Gasteiger partial charge in [-0.15, -0.1) is 0 Å². The molecule has 0 radical (unpaired) electrons. The van der Waals surface area contributed by atoms with Gasteiger partial charge >= 0.3 is 0 Å². The van der Waals surface area contributed by atoms with E-state index in [1.807, 2.05) is 6.07 Å². The molecule has 0 saturated carbocycles. The normalized spacial score (nSPS) is 14.2. The second-order valence-corrected chi connectivity index (χ2v) is 4.87. The Kier molecular flexibility index (Phi) is 6.89. The minimum Gasteiger partial charge on any atom is -0.496 e. The lowest BCUT2D eigenvalue weighted by Gasteiger charge is -2.26. The number of methoxy groups -OCH3 is 2. The molecule has 0 aliphatic carbocycles. The molecule has 0 aliphatic heterocycles. The number of ether oxygens (including phenoxy) is 2. The van der Waals surface area contributed by atoms with Gasteiger partial charge in [0.05, 0.1) is 13.2 Å². The third-order valence-electron chi connectivity index (χ3n) is 3.50. The summed E-state index contributed by atoms with van der Waals surface area (Å²) in [5.74, 6) is 0.958. The van der Waals surface area contributed by atoms with E-state index in [1.165, 1.54) is 11.1 Å². The Hall–Kier alpha value is -1.06. The first-order valence-electron chi connectivity index (χ1n) is 7.05. The van der Waals surface area contributed by atoms with Gasteiger partial charge in [-0.05, 0) is 37.9 Å². The second kappa shape index (κ2) is 8.18. The van der Waals surface area contributed by atoms with Crippen molar-refractivity contribution in [2.45, 2.75) is 45.8 Å². The van der Waals surface area contributed by atoms with Crippen LogP contribution in [0.4, 0.5) is 0 Å². The number of aryl methyl sites for hydroxylation is 1. The van der Waals surface area contributed by atoms with Gasteiger partial charge in [-0.2, -0.15) is 0 Å². The van der Waals surface area contributed by atoms with Gasteiger partial charge in [0.25, 0.3) is 0 Å². The summed E-state index contributed by atoms with van der Waals surface area (Å²) in [6.45, 7) is 7.34. The molecule has 0 heterocycles. The first-order valence-corrected chi connectivity index (χ1v) is 7.05. The monoisotopic (exact) mass is 265 g/mol. The molecule has 19 heavy (non-hydrogen) atoms. The van der Waals surface area contributed by atoms with Gasteiger partial charge in [-0.3, -0.25) is 0 Å². The summed E-state index contributed by atoms with van der Waals surface area (Å²) in [7, 11) is 3.51. The van der Waals surface area contributed by atoms with E-state index in [-0.39, 0.29) is 6.10 Å². The molecule has 0 spiro atoms. The molecule has 3 heteroatoms. The summed E-state index contributed by atoms with van der Waals surface area (Å²) >= 11 is 0. The standard InChI is InChI=1S/C16H27NO2/c1-6-15(18-4)14(17-7-2)11-13-10-12(3)8-9-16(13)19-5/h8-10,14-15,17H,6-7,11H2,1-5H3. The van der Waals surface area contributed by atoms with E-state index in [9.17, 15) is 0 Å². The van der Waals surface area contributed by atoms with Crippen molar-refractivity contribution in [2.75, 3.05) is 20.8 Å². The third-order valence-corrected chi connectivity index (χ3v) is 3.50. The Morgan fingerprint density at radius 3 is 2.47 bits per heavy atom. The van der Waals surface area contributed by atoms with Crippen LogP contribution in [0.25, 0.3) is 0 Å². The van der Waals surface area contributed by atoms with Crippen molar-refractivity contribution in [3.63, 3.8) is 0 Å². The summed E-state index contributed by atoms with van der Waals surface area (Å²) < 4.78 is 11.0. The Bertz CT molecular complexity index is 375. The maximum Gasteiger partial charge on any atom is 0.122 e. The average Bonchev–Trinajstić information content (AvgIpc) is 2.40. The van der Waals surface area contributed by atoms with Gasteiger partial charge in [0.1, 0.15) is 5.75 Å². The molecule has 2 atom stereocenters. The van der Waals surface area contributed by atoms with Crippen LogP contribution < -0.4 is 10.1 Å². The van der Waals surface area contributed by atoms with Gasteiger partial charge in [0, 0.05) is 13.2 Å². The molecule has 0 amide bonds. The van der Waals surface area contributed by atoms with E-state index in [2.05, 4.69) is 38.2 Å². The third kappa shape index (κ3) is 4.51. The van der Waals surface area contributed by atoms with Crippen molar-refractivity contribution in [1.29, 1.82) is 0 Å². The Morgan fingerprint density at radius 1 is 1.21 bits per heavy atom. The number of likely N-dealkylation sites (N-methyl/N-ethyl adjacent to an activating group) is 1. The predicted octanol–water partition coefficient (Wildman–Crippen LogP) is 2.95. The quantitative estimate of drug-likeness (QED) is 0.784. The molecule has 0 aromatic heterocycles. The van der Waals surface area contributed by atoms with Gasteiger partial charge < -0.3 is 14.8 Å². The minimum atomic E-state index is 0.227. The largest absolute Gasteiger partial charge is 0.496 e. The molecule has 0 fully saturated rings. The molecule has 1 rings (SSSR count). The van der Waals surface area contributed by atoms with Crippen molar-refractivity contribution < 1.29 is 9.47 Å². The first-order chi connectivity index (χ1) is 9.15. The van der Waals surface area contributed by atoms with Crippen molar-refractivity contribution in [3.8, 4) is 5.75 Å². The van der Waals surface area contributed by atoms with E-state index in [4.69, 9.17) is 9.47 Å². The van der Waals surface area contributed by atoms with E-state index in [0.29, 0.717) is 6.04 Å². The molecule has 0 saturated heterocycles. The highest BCUT2D eigenvalue weighted by molar-refractivity contribution is 5.37. The summed E-state index contributed by atoms with van der Waals surface area (Å²) in [4.78, 5) is 0. The fourth-order valence-corrected chi connectivity index (χ4v) is 2.52. The SMILES string of the molecule is CCNC(Cc1cc(C)ccc1OC)C(CC)OC. The lowest BCUT2D eigenvalue weighted by Crippen LogP contribution is -2.42. The second-order valence-electron chi connectivity index (χ2n) is 4.87. The van der Waals surface area contributed by atoms with Crippen LogP contribution in [0.2, 0.25) is 0 Å². The highest BCUT2D eigenvalue weighted by Crippen LogP contribution is 2.22. The molecule has 3 nitrogen and oxygen atoms in total. The van der Waals surface area contributed by atoms with Crippen molar-refractivity contribution in [2.24, 2.45) is 0 Å². The van der Waals surface area contributed by atoms with Crippen LogP contribution in [0, 0.1) is 6.92 Å². The van der Waals surface area contributed by atoms with E-state index in [0.717, 1.165) is 25.1 Å². The summed E-state index contributed by atoms with van der Waals surface area (Å²) in [6, 6.07) is 6.64. The molecular formula is C16H27NO2. The summed E-state index contributed by atoms with van der Waals surface area (Å²) in [5, 5.41) is 3.52. The molecule has 2 unspecified atom stereocenters. The van der Waals surface area contributed by atoms with Gasteiger partial charge in [-0.25, -0.2) is 0 Å². The molecule has 1 aromatic carbocycles. The first kappa shape index (κ1) is 16.0. The molecular weight excluding hydrogens is 238 g/mol. The highest BCUT2D eigenvalue weighted by Gasteiger charge is 2.20. The lowest BCUT2D eigenvalue weighted by molar-refractivity contribution is 0.0657. The maximum absolute atomic E-state index is 5.59. The summed E-state index contributed by atoms with van der Waals surface area (Å²) in [6.07, 6.45) is 2.15. The van der Waals surface area contributed by atoms with Crippen molar-refractivity contribution >= 4 is 0 Å². The topological polar surface area (TPSA) is 30.5 Å². The number of hydrogen-bond acceptors (Lipinski definition) is 3. The predicted molar refractivity (Wildman–Crippen MR) is 80.0 cm³/mol. The van der Waals surface area contributed by atoms with E-state index < -0.39 is 0 Å². The van der Waals surface area contributed by atoms with Gasteiger partial charge in [0.15, 0.2) is 0 Å².